The van der Waals surface area contributed by atoms with Gasteiger partial charge in [0.2, 0.25) is 0 Å². The van der Waals surface area contributed by atoms with Crippen LogP contribution in [0.15, 0.2) is 34.1 Å². The maximum Gasteiger partial charge on any atom is 0.123 e. The zero-order valence-corrected chi connectivity index (χ0v) is 14.8. The zero-order chi connectivity index (χ0) is 14.8. The molecule has 0 amide bonds. The molecule has 112 valence electrons. The molecule has 2 heterocycles. The molecule has 2 unspecified atom stereocenters. The van der Waals surface area contributed by atoms with Crippen LogP contribution in [0, 0.1) is 6.92 Å². The fraction of sp³-hybridized carbons (Fsp3) is 0.412. The molecular formula is C17H20BrNOS. The number of halogens is 1. The number of rotatable bonds is 5. The summed E-state index contributed by atoms with van der Waals surface area (Å²) in [5, 5.41) is 3.68. The van der Waals surface area contributed by atoms with E-state index in [-0.39, 0.29) is 12.1 Å². The Labute approximate surface area is 138 Å². The minimum absolute atomic E-state index is 0.175. The van der Waals surface area contributed by atoms with Gasteiger partial charge in [0.25, 0.3) is 0 Å². The van der Waals surface area contributed by atoms with Crippen molar-refractivity contribution >= 4 is 27.3 Å². The Morgan fingerprint density at radius 1 is 1.43 bits per heavy atom. The van der Waals surface area contributed by atoms with Crippen molar-refractivity contribution in [3.63, 3.8) is 0 Å². The van der Waals surface area contributed by atoms with Crippen molar-refractivity contribution < 1.29 is 4.74 Å². The number of thiophene rings is 1. The van der Waals surface area contributed by atoms with Gasteiger partial charge in [0.15, 0.2) is 0 Å². The van der Waals surface area contributed by atoms with E-state index in [4.69, 9.17) is 4.74 Å². The van der Waals surface area contributed by atoms with E-state index in [0.29, 0.717) is 0 Å². The quantitative estimate of drug-likeness (QED) is 0.816. The van der Waals surface area contributed by atoms with Gasteiger partial charge in [-0.05, 0) is 59.1 Å². The number of benzene rings is 1. The zero-order valence-electron chi connectivity index (χ0n) is 12.4. The molecule has 1 aromatic carbocycles. The summed E-state index contributed by atoms with van der Waals surface area (Å²) in [6.45, 7) is 5.39. The number of para-hydroxylation sites is 1. The Morgan fingerprint density at radius 3 is 2.90 bits per heavy atom. The smallest absolute Gasteiger partial charge is 0.123 e. The molecule has 0 fully saturated rings. The first-order valence-electron chi connectivity index (χ1n) is 7.42. The molecule has 0 saturated carbocycles. The van der Waals surface area contributed by atoms with Gasteiger partial charge in [-0.25, -0.2) is 0 Å². The third kappa shape index (κ3) is 3.17. The van der Waals surface area contributed by atoms with Gasteiger partial charge in [-0.3, -0.25) is 0 Å². The number of ether oxygens (including phenoxy) is 1. The van der Waals surface area contributed by atoms with E-state index in [2.05, 4.69) is 59.4 Å². The first-order chi connectivity index (χ1) is 10.2. The van der Waals surface area contributed by atoms with Crippen LogP contribution in [0.2, 0.25) is 0 Å². The summed E-state index contributed by atoms with van der Waals surface area (Å²) < 4.78 is 7.40. The summed E-state index contributed by atoms with van der Waals surface area (Å²) in [4.78, 5) is 1.36. The molecule has 3 rings (SSSR count). The minimum Gasteiger partial charge on any atom is -0.488 e. The summed E-state index contributed by atoms with van der Waals surface area (Å²) in [5.74, 6) is 1.04. The summed E-state index contributed by atoms with van der Waals surface area (Å²) in [7, 11) is 0. The number of nitrogens with one attached hydrogen (secondary N) is 1. The average Bonchev–Trinajstić information content (AvgIpc) is 3.03. The molecule has 4 heteroatoms. The standard InChI is InChI=1S/C17H20BrNOS/c1-3-8-19-17(13-10-16(18)21-11(13)2)15-9-12-6-4-5-7-14(12)20-15/h4-7,10,15,17,19H,3,8-9H2,1-2H3. The molecule has 0 spiro atoms. The van der Waals surface area contributed by atoms with E-state index in [9.17, 15) is 0 Å². The highest BCUT2D eigenvalue weighted by Gasteiger charge is 2.32. The number of fused-ring (bicyclic) bond motifs is 1. The Hall–Kier alpha value is -0.840. The highest BCUT2D eigenvalue weighted by Crippen LogP contribution is 2.38. The molecule has 2 aromatic rings. The van der Waals surface area contributed by atoms with Crippen LogP contribution in [0.3, 0.4) is 0 Å². The molecule has 2 nitrogen and oxygen atoms in total. The van der Waals surface area contributed by atoms with Crippen LogP contribution >= 0.6 is 27.3 Å². The normalized spacial score (nSPS) is 18.3. The Kier molecular flexibility index (Phi) is 4.67. The lowest BCUT2D eigenvalue weighted by atomic mass is 9.98. The molecular weight excluding hydrogens is 346 g/mol. The maximum absolute atomic E-state index is 6.21. The van der Waals surface area contributed by atoms with Crippen LogP contribution < -0.4 is 10.1 Å². The summed E-state index contributed by atoms with van der Waals surface area (Å²) in [6.07, 6.45) is 2.28. The van der Waals surface area contributed by atoms with Crippen LogP contribution in [0.5, 0.6) is 5.75 Å². The fourth-order valence-electron chi connectivity index (χ4n) is 2.90. The van der Waals surface area contributed by atoms with Crippen LogP contribution in [0.1, 0.15) is 35.4 Å². The second-order valence-electron chi connectivity index (χ2n) is 5.46. The molecule has 1 aliphatic heterocycles. The summed E-state index contributed by atoms with van der Waals surface area (Å²) in [6, 6.07) is 10.9. The van der Waals surface area contributed by atoms with Crippen molar-refractivity contribution in [3.05, 3.63) is 50.1 Å². The molecule has 1 N–H and O–H groups in total. The van der Waals surface area contributed by atoms with Crippen molar-refractivity contribution in [3.8, 4) is 5.75 Å². The van der Waals surface area contributed by atoms with Crippen molar-refractivity contribution in [2.45, 2.75) is 38.8 Å². The predicted molar refractivity (Wildman–Crippen MR) is 92.4 cm³/mol. The Balaban J connectivity index is 1.86. The first kappa shape index (κ1) is 15.1. The summed E-state index contributed by atoms with van der Waals surface area (Å²) >= 11 is 5.40. The number of hydrogen-bond donors (Lipinski definition) is 1. The second kappa shape index (κ2) is 6.51. The van der Waals surface area contributed by atoms with Gasteiger partial charge >= 0.3 is 0 Å². The highest BCUT2D eigenvalue weighted by molar-refractivity contribution is 9.11. The van der Waals surface area contributed by atoms with Crippen molar-refractivity contribution in [2.75, 3.05) is 6.54 Å². The van der Waals surface area contributed by atoms with Crippen LogP contribution in [-0.2, 0) is 6.42 Å². The van der Waals surface area contributed by atoms with Gasteiger partial charge in [0.05, 0.1) is 9.83 Å². The van der Waals surface area contributed by atoms with Gasteiger partial charge in [-0.2, -0.15) is 0 Å². The van der Waals surface area contributed by atoms with Crippen molar-refractivity contribution in [1.82, 2.24) is 5.32 Å². The van der Waals surface area contributed by atoms with Crippen molar-refractivity contribution in [2.24, 2.45) is 0 Å². The van der Waals surface area contributed by atoms with E-state index in [1.54, 1.807) is 11.3 Å². The molecule has 0 bridgehead atoms. The third-order valence-corrected chi connectivity index (χ3v) is 5.49. The van der Waals surface area contributed by atoms with Crippen LogP contribution in [0.4, 0.5) is 0 Å². The van der Waals surface area contributed by atoms with E-state index >= 15 is 0 Å². The van der Waals surface area contributed by atoms with Gasteiger partial charge in [-0.1, -0.05) is 25.1 Å². The third-order valence-electron chi connectivity index (χ3n) is 3.92. The van der Waals surface area contributed by atoms with E-state index in [1.807, 2.05) is 6.07 Å². The molecule has 0 radical (unpaired) electrons. The molecule has 0 saturated heterocycles. The first-order valence-corrected chi connectivity index (χ1v) is 9.03. The minimum atomic E-state index is 0.175. The second-order valence-corrected chi connectivity index (χ2v) is 8.10. The van der Waals surface area contributed by atoms with Gasteiger partial charge in [-0.15, -0.1) is 11.3 Å². The van der Waals surface area contributed by atoms with E-state index in [0.717, 1.165) is 25.1 Å². The fourth-order valence-corrected chi connectivity index (χ4v) is 4.66. The predicted octanol–water partition coefficient (Wildman–Crippen LogP) is 4.86. The van der Waals surface area contributed by atoms with Crippen molar-refractivity contribution in [1.29, 1.82) is 0 Å². The molecule has 0 aliphatic carbocycles. The number of hydrogen-bond acceptors (Lipinski definition) is 3. The molecule has 21 heavy (non-hydrogen) atoms. The molecule has 2 atom stereocenters. The molecule has 1 aromatic heterocycles. The highest BCUT2D eigenvalue weighted by atomic mass is 79.9. The van der Waals surface area contributed by atoms with E-state index in [1.165, 1.54) is 19.8 Å². The Morgan fingerprint density at radius 2 is 2.24 bits per heavy atom. The lowest BCUT2D eigenvalue weighted by Gasteiger charge is -2.25. The van der Waals surface area contributed by atoms with Gasteiger partial charge in [0, 0.05) is 11.3 Å². The lowest BCUT2D eigenvalue weighted by molar-refractivity contribution is 0.178. The van der Waals surface area contributed by atoms with E-state index < -0.39 is 0 Å². The van der Waals surface area contributed by atoms with Gasteiger partial charge < -0.3 is 10.1 Å². The average molecular weight is 366 g/mol. The number of aryl methyl sites for hydroxylation is 1. The SMILES string of the molecule is CCCNC(c1cc(Br)sc1C)C1Cc2ccccc2O1. The Bertz CT molecular complexity index is 600. The monoisotopic (exact) mass is 365 g/mol. The van der Waals surface area contributed by atoms with Gasteiger partial charge in [0.1, 0.15) is 11.9 Å². The topological polar surface area (TPSA) is 21.3 Å². The largest absolute Gasteiger partial charge is 0.488 e. The lowest BCUT2D eigenvalue weighted by Crippen LogP contribution is -2.35. The van der Waals surface area contributed by atoms with Crippen LogP contribution in [0.25, 0.3) is 0 Å². The summed E-state index contributed by atoms with van der Waals surface area (Å²) in [5.41, 5.74) is 2.68. The van der Waals surface area contributed by atoms with Crippen LogP contribution in [-0.4, -0.2) is 12.6 Å². The maximum atomic E-state index is 6.21. The molecule has 1 aliphatic rings.